The Morgan fingerprint density at radius 2 is 1.68 bits per heavy atom. The first-order chi connectivity index (χ1) is 14.8. The van der Waals surface area contributed by atoms with Crippen molar-refractivity contribution in [2.45, 2.75) is 13.3 Å². The van der Waals surface area contributed by atoms with Crippen molar-refractivity contribution in [3.63, 3.8) is 0 Å². The minimum Gasteiger partial charge on any atom is -0.481 e. The molecule has 0 radical (unpaired) electrons. The van der Waals surface area contributed by atoms with Crippen LogP contribution in [0.4, 0.5) is 8.78 Å². The molecule has 0 saturated heterocycles. The van der Waals surface area contributed by atoms with Gasteiger partial charge in [0.1, 0.15) is 11.5 Å². The second kappa shape index (κ2) is 8.36. The molecule has 1 N–H and O–H groups in total. The zero-order valence-electron chi connectivity index (χ0n) is 16.5. The number of carboxylic acid groups (broad SMARTS) is 1. The summed E-state index contributed by atoms with van der Waals surface area (Å²) in [5.41, 5.74) is 5.20. The molecule has 4 rings (SSSR count). The van der Waals surface area contributed by atoms with Crippen LogP contribution in [0.25, 0.3) is 17.2 Å². The SMILES string of the molecule is CC1=C(CC(=O)O)c2cc(Cl)ccc2/C1=C\c1ccc(Oc2ccc(F)c(F)c2)cc1. The van der Waals surface area contributed by atoms with E-state index in [0.717, 1.165) is 45.5 Å². The van der Waals surface area contributed by atoms with Crippen molar-refractivity contribution < 1.29 is 23.4 Å². The third-order valence-electron chi connectivity index (χ3n) is 5.10. The lowest BCUT2D eigenvalue weighted by atomic mass is 10.0. The minimum absolute atomic E-state index is 0.0858. The van der Waals surface area contributed by atoms with Gasteiger partial charge in [0.25, 0.3) is 0 Å². The van der Waals surface area contributed by atoms with Crippen LogP contribution in [0.2, 0.25) is 5.02 Å². The maximum atomic E-state index is 13.4. The molecule has 3 nitrogen and oxygen atoms in total. The molecule has 1 aliphatic carbocycles. The van der Waals surface area contributed by atoms with Gasteiger partial charge in [-0.2, -0.15) is 0 Å². The molecule has 0 atom stereocenters. The number of hydrogen-bond donors (Lipinski definition) is 1. The highest BCUT2D eigenvalue weighted by molar-refractivity contribution is 6.31. The number of fused-ring (bicyclic) bond motifs is 1. The Hall–Kier alpha value is -3.44. The molecule has 0 aromatic heterocycles. The van der Waals surface area contributed by atoms with Crippen molar-refractivity contribution in [3.8, 4) is 11.5 Å². The van der Waals surface area contributed by atoms with Gasteiger partial charge in [-0.15, -0.1) is 0 Å². The number of ether oxygens (including phenoxy) is 1. The quantitative estimate of drug-likeness (QED) is 0.457. The van der Waals surface area contributed by atoms with Crippen LogP contribution < -0.4 is 4.74 Å². The van der Waals surface area contributed by atoms with E-state index < -0.39 is 17.6 Å². The molecule has 0 fully saturated rings. The topological polar surface area (TPSA) is 46.5 Å². The molecule has 0 heterocycles. The number of hydrogen-bond acceptors (Lipinski definition) is 2. The summed E-state index contributed by atoms with van der Waals surface area (Å²) in [5, 5.41) is 9.85. The van der Waals surface area contributed by atoms with Gasteiger partial charge in [0.15, 0.2) is 11.6 Å². The number of carbonyl (C=O) groups is 1. The molecule has 156 valence electrons. The lowest BCUT2D eigenvalue weighted by Crippen LogP contribution is -1.96. The van der Waals surface area contributed by atoms with Crippen molar-refractivity contribution in [1.82, 2.24) is 0 Å². The van der Waals surface area contributed by atoms with Crippen molar-refractivity contribution in [3.05, 3.63) is 99.6 Å². The predicted octanol–water partition coefficient (Wildman–Crippen LogP) is 7.21. The van der Waals surface area contributed by atoms with Crippen molar-refractivity contribution in [2.24, 2.45) is 0 Å². The second-order valence-corrected chi connectivity index (χ2v) is 7.61. The van der Waals surface area contributed by atoms with Gasteiger partial charge in [-0.25, -0.2) is 8.78 Å². The van der Waals surface area contributed by atoms with E-state index in [2.05, 4.69) is 0 Å². The summed E-state index contributed by atoms with van der Waals surface area (Å²) in [6, 6.07) is 15.9. The highest BCUT2D eigenvalue weighted by atomic mass is 35.5. The van der Waals surface area contributed by atoms with Crippen LogP contribution in [-0.2, 0) is 4.79 Å². The highest BCUT2D eigenvalue weighted by Crippen LogP contribution is 2.44. The van der Waals surface area contributed by atoms with E-state index in [1.807, 2.05) is 31.2 Å². The summed E-state index contributed by atoms with van der Waals surface area (Å²) in [6.07, 6.45) is 1.88. The van der Waals surface area contributed by atoms with Gasteiger partial charge in [-0.1, -0.05) is 29.8 Å². The van der Waals surface area contributed by atoms with Crippen molar-refractivity contribution >= 4 is 34.8 Å². The van der Waals surface area contributed by atoms with Gasteiger partial charge in [0.05, 0.1) is 6.42 Å². The van der Waals surface area contributed by atoms with E-state index in [1.165, 1.54) is 6.07 Å². The number of carboxylic acids is 1. The molecule has 6 heteroatoms. The molecular weight excluding hydrogens is 422 g/mol. The molecule has 3 aromatic rings. The second-order valence-electron chi connectivity index (χ2n) is 7.17. The fraction of sp³-hybridized carbons (Fsp3) is 0.0800. The summed E-state index contributed by atoms with van der Waals surface area (Å²) in [5.74, 6) is -2.13. The van der Waals surface area contributed by atoms with E-state index in [0.29, 0.717) is 10.8 Å². The molecule has 0 unspecified atom stereocenters. The molecule has 1 aliphatic rings. The Kier molecular flexibility index (Phi) is 5.61. The standard InChI is InChI=1S/C25H17ClF2O3/c1-14-20(19-8-4-16(26)11-22(19)21(14)13-25(29)30)10-15-2-5-17(6-3-15)31-18-7-9-23(27)24(28)12-18/h2-12H,13H2,1H3,(H,29,30)/b20-10-. The number of rotatable bonds is 5. The fourth-order valence-electron chi connectivity index (χ4n) is 3.61. The van der Waals surface area contributed by atoms with Gasteiger partial charge in [-0.05, 0) is 82.8 Å². The number of aliphatic carboxylic acids is 1. The van der Waals surface area contributed by atoms with E-state index in [9.17, 15) is 18.7 Å². The van der Waals surface area contributed by atoms with E-state index in [-0.39, 0.29) is 12.2 Å². The summed E-state index contributed by atoms with van der Waals surface area (Å²) in [6.45, 7) is 1.90. The first-order valence-corrected chi connectivity index (χ1v) is 9.86. The predicted molar refractivity (Wildman–Crippen MR) is 117 cm³/mol. The normalized spacial score (nSPS) is 14.1. The van der Waals surface area contributed by atoms with Crippen LogP contribution in [0.3, 0.4) is 0 Å². The third kappa shape index (κ3) is 4.37. The van der Waals surface area contributed by atoms with Crippen LogP contribution in [0.1, 0.15) is 30.0 Å². The Bertz CT molecular complexity index is 1240. The van der Waals surface area contributed by atoms with Crippen LogP contribution in [0.15, 0.2) is 66.2 Å². The van der Waals surface area contributed by atoms with E-state index in [1.54, 1.807) is 24.3 Å². The highest BCUT2D eigenvalue weighted by Gasteiger charge is 2.25. The molecular formula is C25H17ClF2O3. The maximum Gasteiger partial charge on any atom is 0.307 e. The number of allylic oxidation sites excluding steroid dienone is 2. The van der Waals surface area contributed by atoms with Gasteiger partial charge < -0.3 is 9.84 Å². The van der Waals surface area contributed by atoms with E-state index in [4.69, 9.17) is 16.3 Å². The maximum absolute atomic E-state index is 13.4. The summed E-state index contributed by atoms with van der Waals surface area (Å²) >= 11 is 6.14. The number of benzene rings is 3. The molecule has 3 aromatic carbocycles. The monoisotopic (exact) mass is 438 g/mol. The first kappa shape index (κ1) is 20.8. The zero-order chi connectivity index (χ0) is 22.1. The van der Waals surface area contributed by atoms with Gasteiger partial charge in [-0.3, -0.25) is 4.79 Å². The molecule has 0 aliphatic heterocycles. The summed E-state index contributed by atoms with van der Waals surface area (Å²) in [7, 11) is 0. The van der Waals surface area contributed by atoms with Crippen LogP contribution in [-0.4, -0.2) is 11.1 Å². The van der Waals surface area contributed by atoms with Gasteiger partial charge in [0.2, 0.25) is 0 Å². The van der Waals surface area contributed by atoms with Gasteiger partial charge in [0, 0.05) is 11.1 Å². The summed E-state index contributed by atoms with van der Waals surface area (Å²) < 4.78 is 32.0. The largest absolute Gasteiger partial charge is 0.481 e. The average Bonchev–Trinajstić information content (AvgIpc) is 2.97. The lowest BCUT2D eigenvalue weighted by Gasteiger charge is -2.07. The molecule has 0 amide bonds. The lowest BCUT2D eigenvalue weighted by molar-refractivity contribution is -0.135. The molecule has 0 bridgehead atoms. The third-order valence-corrected chi connectivity index (χ3v) is 5.33. The summed E-state index contributed by atoms with van der Waals surface area (Å²) in [4.78, 5) is 11.3. The smallest absolute Gasteiger partial charge is 0.307 e. The molecule has 31 heavy (non-hydrogen) atoms. The van der Waals surface area contributed by atoms with Crippen molar-refractivity contribution in [2.75, 3.05) is 0 Å². The van der Waals surface area contributed by atoms with Crippen LogP contribution in [0, 0.1) is 11.6 Å². The van der Waals surface area contributed by atoms with Crippen molar-refractivity contribution in [1.29, 1.82) is 0 Å². The van der Waals surface area contributed by atoms with Crippen LogP contribution >= 0.6 is 11.6 Å². The Morgan fingerprint density at radius 1 is 0.968 bits per heavy atom. The Morgan fingerprint density at radius 3 is 2.35 bits per heavy atom. The fourth-order valence-corrected chi connectivity index (χ4v) is 3.78. The molecule has 0 spiro atoms. The molecule has 0 saturated carbocycles. The van der Waals surface area contributed by atoms with Gasteiger partial charge >= 0.3 is 5.97 Å². The Labute approximate surface area is 182 Å². The van der Waals surface area contributed by atoms with Crippen LogP contribution in [0.5, 0.6) is 11.5 Å². The zero-order valence-corrected chi connectivity index (χ0v) is 17.2. The number of halogens is 3. The average molecular weight is 439 g/mol. The minimum atomic E-state index is -0.974. The Balaban J connectivity index is 1.64. The first-order valence-electron chi connectivity index (χ1n) is 9.48. The van der Waals surface area contributed by atoms with E-state index >= 15 is 0 Å².